The number of hydrogen-bond donors (Lipinski definition) is 15. The summed E-state index contributed by atoms with van der Waals surface area (Å²) < 4.78 is 50.1. The molecule has 38 nitrogen and oxygen atoms in total. The number of phenols is 1. The number of aromatic amines is 1. The highest BCUT2D eigenvalue weighted by Crippen LogP contribution is 2.29. The van der Waals surface area contributed by atoms with Crippen molar-refractivity contribution in [3.63, 3.8) is 0 Å². The Hall–Kier alpha value is -13.5. The monoisotopic (exact) mass is 1870 g/mol. The summed E-state index contributed by atoms with van der Waals surface area (Å²) in [6, 6.07) is 7.53. The molecule has 3 aliphatic heterocycles. The number of carbonyl (C=O) groups excluding carboxylic acids is 16. The molecule has 0 radical (unpaired) electrons. The summed E-state index contributed by atoms with van der Waals surface area (Å²) in [6.07, 6.45) is -3.91. The van der Waals surface area contributed by atoms with Crippen LogP contribution in [0, 0.1) is 23.4 Å². The fourth-order valence-corrected chi connectivity index (χ4v) is 17.0. The third-order valence-corrected chi connectivity index (χ3v) is 24.4. The average molecular weight is 1870 g/mol. The van der Waals surface area contributed by atoms with Gasteiger partial charge in [0.1, 0.15) is 90.9 Å². The van der Waals surface area contributed by atoms with Gasteiger partial charge in [0.05, 0.1) is 18.4 Å². The summed E-state index contributed by atoms with van der Waals surface area (Å²) in [4.78, 5) is 256. The SMILES string of the molecule is CCCC[C@H]1C(=O)N2C[C@H](O)C[C@@H]2C(=O)N[C@@H](COC=O)C(=O)N[C@@H](C(C)C)C(=O)N(C)[C@@H](Cc2ccccc2)C(=O)N[C@@H](CCC(=O)O)C(=O)N2CCC[C@@H]2C(=O)N[C@@H](Cc2c[nH]c3ccccc23)C(=O)N[C@@H](Cc2ccc(O)cc2)C(=O)N[C@@H](CCO)C(=O)N[C@H](C(=O)NCC(N)=O)CSCC(=O)N[C@@H](Cc2cc(F)c(F)c(F)c2)C(=O)N(C)[C@@H](Cc2ccccc2)C(=O)N1C. The second-order valence-electron chi connectivity index (χ2n) is 33.3. The summed E-state index contributed by atoms with van der Waals surface area (Å²) >= 11 is 0.608. The first-order chi connectivity index (χ1) is 63.4. The van der Waals surface area contributed by atoms with Crippen molar-refractivity contribution < 1.29 is 120 Å². The maximum Gasteiger partial charge on any atom is 0.303 e. The summed E-state index contributed by atoms with van der Waals surface area (Å²) in [5.74, 6) is -24.9. The van der Waals surface area contributed by atoms with Gasteiger partial charge in [0, 0.05) is 109 Å². The molecular formula is C91H113F3N16O22S. The molecule has 3 fully saturated rings. The van der Waals surface area contributed by atoms with Gasteiger partial charge in [-0.2, -0.15) is 0 Å². The molecule has 0 aliphatic carbocycles. The number of amides is 15. The number of nitrogens with two attached hydrogens (primary N) is 1. The van der Waals surface area contributed by atoms with Crippen molar-refractivity contribution in [2.75, 3.05) is 65.5 Å². The molecule has 716 valence electrons. The first-order valence-corrected chi connectivity index (χ1v) is 44.6. The van der Waals surface area contributed by atoms with E-state index in [-0.39, 0.29) is 63.7 Å². The fraction of sp³-hybridized carbons (Fsp3) is 0.462. The van der Waals surface area contributed by atoms with Crippen LogP contribution in [0.3, 0.4) is 0 Å². The van der Waals surface area contributed by atoms with Gasteiger partial charge in [-0.05, 0) is 96.2 Å². The molecule has 3 saturated heterocycles. The number of primary amides is 1. The van der Waals surface area contributed by atoms with Crippen molar-refractivity contribution in [1.29, 1.82) is 0 Å². The van der Waals surface area contributed by atoms with Gasteiger partial charge in [0.15, 0.2) is 17.5 Å². The number of fused-ring (bicyclic) bond motifs is 3. The molecule has 0 bridgehead atoms. The summed E-state index contributed by atoms with van der Waals surface area (Å²) in [5.41, 5.74) is 7.21. The maximum absolute atomic E-state index is 15.7. The molecule has 0 spiro atoms. The van der Waals surface area contributed by atoms with E-state index in [1.807, 2.05) is 0 Å². The van der Waals surface area contributed by atoms with Crippen molar-refractivity contribution in [3.05, 3.63) is 173 Å². The summed E-state index contributed by atoms with van der Waals surface area (Å²) in [6.45, 7) is 1.50. The van der Waals surface area contributed by atoms with E-state index in [1.165, 1.54) is 52.2 Å². The predicted molar refractivity (Wildman–Crippen MR) is 475 cm³/mol. The van der Waals surface area contributed by atoms with E-state index in [0.717, 1.165) is 31.5 Å². The molecule has 0 saturated carbocycles. The number of aromatic nitrogens is 1. The molecule has 4 heterocycles. The van der Waals surface area contributed by atoms with Gasteiger partial charge < -0.3 is 108 Å². The van der Waals surface area contributed by atoms with Gasteiger partial charge in [-0.15, -0.1) is 11.8 Å². The highest BCUT2D eigenvalue weighted by molar-refractivity contribution is 8.00. The lowest BCUT2D eigenvalue weighted by atomic mass is 9.98. The first kappa shape index (κ1) is 103. The van der Waals surface area contributed by atoms with E-state index in [4.69, 9.17) is 10.5 Å². The number of aliphatic hydroxyl groups is 2. The average Bonchev–Trinajstić information content (AvgIpc) is 1.38. The molecule has 133 heavy (non-hydrogen) atoms. The van der Waals surface area contributed by atoms with E-state index in [2.05, 4.69) is 52.8 Å². The lowest BCUT2D eigenvalue weighted by molar-refractivity contribution is -0.152. The number of phenolic OH excluding ortho intramolecular Hbond substituents is 1. The van der Waals surface area contributed by atoms with Crippen LogP contribution in [0.4, 0.5) is 13.2 Å². The van der Waals surface area contributed by atoms with Gasteiger partial charge >= 0.3 is 5.97 Å². The number of H-pyrrole nitrogens is 1. The van der Waals surface area contributed by atoms with Crippen molar-refractivity contribution in [3.8, 4) is 5.75 Å². The van der Waals surface area contributed by atoms with Crippen molar-refractivity contribution in [2.24, 2.45) is 11.7 Å². The zero-order valence-electron chi connectivity index (χ0n) is 74.2. The minimum absolute atomic E-state index is 0.0428. The summed E-state index contributed by atoms with van der Waals surface area (Å²) in [7, 11) is 3.60. The van der Waals surface area contributed by atoms with Gasteiger partial charge in [0.25, 0.3) is 6.47 Å². The van der Waals surface area contributed by atoms with Crippen LogP contribution in [0.5, 0.6) is 5.75 Å². The van der Waals surface area contributed by atoms with Gasteiger partial charge in [-0.1, -0.05) is 125 Å². The van der Waals surface area contributed by atoms with Crippen molar-refractivity contribution in [2.45, 2.75) is 195 Å². The van der Waals surface area contributed by atoms with Gasteiger partial charge in [-0.25, -0.2) is 13.2 Å². The molecule has 1 aromatic heterocycles. The Balaban J connectivity index is 1.13. The Morgan fingerprint density at radius 2 is 1.14 bits per heavy atom. The van der Waals surface area contributed by atoms with Crippen molar-refractivity contribution in [1.82, 2.24) is 77.3 Å². The van der Waals surface area contributed by atoms with Crippen LogP contribution in [0.1, 0.15) is 106 Å². The minimum atomic E-state index is -1.92. The standard InChI is InChI=1S/C91H113F3N16O22S/c1-7-8-24-70-90(130)110-45-57(114)42-72(110)86(126)103-67(46-132-49-112)83(123)105-78(50(2)3)91(131)107(5)71(39-51-18-11-9-12-19-51)85(125)100-63(30-31-76(117)118)88(128)109-33-17-25-69(109)84(124)102-65(41-55-43-96-61-23-16-15-22-58(55)61)82(122)101-64(37-53-26-28-56(113)29-27-53)81(121)99-62(32-34-111)80(120)104-68(79(119)97-44-74(95)115)47-133-48-75(116)98-66(38-54-35-59(92)77(94)60(93)36-54)87(127)108(6)73(89(129)106(70)4)40-52-20-13-10-14-21-52/h9-16,18-23,26-29,35-36,43,49-50,57,62-73,78,96,111,113-114H,7-8,17,24-25,30-34,37-42,44-48H2,1-6H3,(H2,95,115)(H,97,119)(H,98,116)(H,99,121)(H,100,125)(H,101,122)(H,102,124)(H,103,126)(H,104,120)(H,105,123)(H,117,118)/t57-,62+,63+,64+,65+,66+,67+,68+,69-,70+,71+,72-,73+,78+/m1/s1. The lowest BCUT2D eigenvalue weighted by Crippen LogP contribution is -2.62. The number of aliphatic carboxylic acids is 1. The number of halogens is 3. The molecule has 15 amide bonds. The quantitative estimate of drug-likeness (QED) is 0.0259. The zero-order chi connectivity index (χ0) is 97.0. The number of aliphatic hydroxyl groups excluding tert-OH is 2. The number of carboxylic acid groups (broad SMARTS) is 1. The van der Waals surface area contributed by atoms with Gasteiger partial charge in [-0.3, -0.25) is 81.5 Å². The molecule has 16 N–H and O–H groups in total. The third kappa shape index (κ3) is 28.5. The molecule has 0 unspecified atom stereocenters. The molecule has 6 aromatic rings. The number of para-hydroxylation sites is 1. The number of nitrogens with zero attached hydrogens (tertiary/aromatic N) is 5. The van der Waals surface area contributed by atoms with Crippen LogP contribution >= 0.6 is 11.8 Å². The second kappa shape index (κ2) is 49.1. The minimum Gasteiger partial charge on any atom is -0.508 e. The number of hydrogen-bond acceptors (Lipinski definition) is 22. The zero-order valence-corrected chi connectivity index (χ0v) is 75.0. The highest BCUT2D eigenvalue weighted by atomic mass is 32.2. The Labute approximate surface area is 768 Å². The number of unbranched alkanes of at least 4 members (excludes halogenated alkanes) is 1. The topological polar surface area (TPSA) is 547 Å². The largest absolute Gasteiger partial charge is 0.508 e. The van der Waals surface area contributed by atoms with Crippen molar-refractivity contribution >= 4 is 124 Å². The van der Waals surface area contributed by atoms with Gasteiger partial charge in [0.2, 0.25) is 88.6 Å². The number of carbonyl (C=O) groups is 17. The Morgan fingerprint density at radius 1 is 0.579 bits per heavy atom. The number of ether oxygens (including phenoxy) is 1. The molecule has 9 rings (SSSR count). The van der Waals surface area contributed by atoms with Crippen LogP contribution in [-0.2, 0) is 118 Å². The predicted octanol–water partition coefficient (Wildman–Crippen LogP) is -0.269. The molecule has 5 aromatic carbocycles. The first-order valence-electron chi connectivity index (χ1n) is 43.5. The number of carboxylic acids is 1. The Morgan fingerprint density at radius 3 is 1.76 bits per heavy atom. The third-order valence-electron chi connectivity index (χ3n) is 23.3. The van der Waals surface area contributed by atoms with E-state index in [0.29, 0.717) is 63.5 Å². The van der Waals surface area contributed by atoms with Crippen LogP contribution in [0.25, 0.3) is 10.9 Å². The van der Waals surface area contributed by atoms with Crippen LogP contribution < -0.4 is 53.6 Å². The number of likely N-dealkylation sites (N-methyl/N-ethyl adjacent to an activating group) is 3. The number of benzene rings is 5. The Bertz CT molecular complexity index is 5160. The van der Waals surface area contributed by atoms with Crippen LogP contribution in [0.2, 0.25) is 0 Å². The number of aromatic hydroxyl groups is 1. The fourth-order valence-electron chi connectivity index (χ4n) is 16.1. The van der Waals surface area contributed by atoms with E-state index in [9.17, 15) is 63.2 Å². The second-order valence-corrected chi connectivity index (χ2v) is 34.3. The van der Waals surface area contributed by atoms with Crippen LogP contribution in [-0.4, -0.2) is 301 Å². The Kier molecular flexibility index (Phi) is 38.1. The summed E-state index contributed by atoms with van der Waals surface area (Å²) in [5, 5.41) is 65.9. The molecule has 3 aliphatic rings. The lowest BCUT2D eigenvalue weighted by Gasteiger charge is -2.38. The number of rotatable bonds is 25. The maximum atomic E-state index is 15.7. The van der Waals surface area contributed by atoms with E-state index in [1.54, 1.807) is 98.0 Å². The molecular weight excluding hydrogens is 1760 g/mol. The molecule has 42 heteroatoms. The highest BCUT2D eigenvalue weighted by Gasteiger charge is 2.48. The number of nitrogens with one attached hydrogen (secondary N) is 10. The number of thioether (sulfide) groups is 1. The van der Waals surface area contributed by atoms with Crippen LogP contribution in [0.15, 0.2) is 128 Å². The van der Waals surface area contributed by atoms with E-state index < -0.39 is 284 Å². The smallest absolute Gasteiger partial charge is 0.303 e. The molecule has 14 atom stereocenters. The van der Waals surface area contributed by atoms with E-state index >= 15 is 51.9 Å². The normalized spacial score (nSPS) is 24.1.